The van der Waals surface area contributed by atoms with Crippen molar-refractivity contribution >= 4 is 23.7 Å². The van der Waals surface area contributed by atoms with Gasteiger partial charge in [0.25, 0.3) is 0 Å². The molecule has 5 atom stereocenters. The number of nitrogens with two attached hydrogens (primary N) is 1. The predicted molar refractivity (Wildman–Crippen MR) is 152 cm³/mol. The van der Waals surface area contributed by atoms with E-state index < -0.39 is 47.9 Å². The van der Waals surface area contributed by atoms with Crippen molar-refractivity contribution in [3.63, 3.8) is 0 Å². The summed E-state index contributed by atoms with van der Waals surface area (Å²) in [7, 11) is 0. The first-order chi connectivity index (χ1) is 18.9. The number of carbonyl (C=O) groups is 4. The molecule has 40 heavy (non-hydrogen) atoms. The lowest BCUT2D eigenvalue weighted by Crippen LogP contribution is -2.59. The van der Waals surface area contributed by atoms with Crippen LogP contribution in [0.2, 0.25) is 0 Å². The van der Waals surface area contributed by atoms with Crippen LogP contribution in [0.15, 0.2) is 54.6 Å². The Morgan fingerprint density at radius 1 is 0.775 bits per heavy atom. The van der Waals surface area contributed by atoms with Crippen molar-refractivity contribution < 1.29 is 29.4 Å². The first-order valence-electron chi connectivity index (χ1n) is 13.6. The maximum atomic E-state index is 13.6. The molecule has 218 valence electrons. The second-order valence-corrected chi connectivity index (χ2v) is 10.6. The molecule has 2 aromatic rings. The average Bonchev–Trinajstić information content (AvgIpc) is 2.91. The number of aliphatic carboxylic acids is 1. The third kappa shape index (κ3) is 10.3. The predicted octanol–water partition coefficient (Wildman–Crippen LogP) is 2.14. The van der Waals surface area contributed by atoms with Crippen LogP contribution in [0.1, 0.15) is 51.7 Å². The van der Waals surface area contributed by atoms with Crippen LogP contribution in [-0.2, 0) is 32.0 Å². The molecule has 0 heterocycles. The Morgan fingerprint density at radius 3 is 1.90 bits per heavy atom. The van der Waals surface area contributed by atoms with E-state index in [0.29, 0.717) is 12.0 Å². The maximum absolute atomic E-state index is 13.6. The minimum absolute atomic E-state index is 0.0306. The van der Waals surface area contributed by atoms with Gasteiger partial charge in [0.15, 0.2) is 0 Å². The average molecular weight is 555 g/mol. The standard InChI is InChI=1S/C30H42N4O6/c1-5-19(4)26(29(38)33-25(30(39)40)15-18(2)3)34-28(37)24(17-21-11-13-22(35)14-12-21)32-27(36)23(31)16-20-9-7-6-8-10-20/h6-14,18-19,23-26,35H,5,15-17,31H2,1-4H3,(H,32,36)(H,33,38)(H,34,37)(H,39,40). The topological polar surface area (TPSA) is 171 Å². The van der Waals surface area contributed by atoms with E-state index in [1.54, 1.807) is 19.1 Å². The molecule has 2 rings (SSSR count). The Labute approximate surface area is 235 Å². The van der Waals surface area contributed by atoms with Crippen LogP contribution in [0.5, 0.6) is 5.75 Å². The summed E-state index contributed by atoms with van der Waals surface area (Å²) in [5, 5.41) is 27.2. The van der Waals surface area contributed by atoms with Crippen LogP contribution in [0.4, 0.5) is 0 Å². The Bertz CT molecular complexity index is 1120. The van der Waals surface area contributed by atoms with Gasteiger partial charge in [-0.2, -0.15) is 0 Å². The van der Waals surface area contributed by atoms with Crippen molar-refractivity contribution in [3.05, 3.63) is 65.7 Å². The Hall–Kier alpha value is -3.92. The summed E-state index contributed by atoms with van der Waals surface area (Å²) in [6, 6.07) is 11.4. The van der Waals surface area contributed by atoms with Crippen LogP contribution >= 0.6 is 0 Å². The molecule has 0 bridgehead atoms. The van der Waals surface area contributed by atoms with Gasteiger partial charge in [0, 0.05) is 6.42 Å². The van der Waals surface area contributed by atoms with E-state index in [-0.39, 0.29) is 36.8 Å². The number of benzene rings is 2. The summed E-state index contributed by atoms with van der Waals surface area (Å²) in [5.74, 6) is -3.13. The zero-order valence-corrected chi connectivity index (χ0v) is 23.6. The zero-order chi connectivity index (χ0) is 29.8. The van der Waals surface area contributed by atoms with Crippen molar-refractivity contribution in [1.29, 1.82) is 0 Å². The first-order valence-corrected chi connectivity index (χ1v) is 13.6. The molecule has 0 spiro atoms. The second kappa shape index (κ2) is 15.6. The monoisotopic (exact) mass is 554 g/mol. The molecule has 7 N–H and O–H groups in total. The fourth-order valence-corrected chi connectivity index (χ4v) is 4.23. The minimum atomic E-state index is -1.15. The number of hydrogen-bond acceptors (Lipinski definition) is 6. The van der Waals surface area contributed by atoms with Crippen LogP contribution in [-0.4, -0.2) is 58.1 Å². The Kier molecular flexibility index (Phi) is 12.6. The fourth-order valence-electron chi connectivity index (χ4n) is 4.23. The number of hydrogen-bond donors (Lipinski definition) is 6. The van der Waals surface area contributed by atoms with E-state index >= 15 is 0 Å². The summed E-state index contributed by atoms with van der Waals surface area (Å²) in [4.78, 5) is 51.5. The molecular formula is C30H42N4O6. The zero-order valence-electron chi connectivity index (χ0n) is 23.6. The van der Waals surface area contributed by atoms with Gasteiger partial charge in [-0.3, -0.25) is 14.4 Å². The van der Waals surface area contributed by atoms with E-state index in [4.69, 9.17) is 5.73 Å². The molecule has 0 saturated carbocycles. The normalized spacial score (nSPS) is 14.8. The number of phenolic OH excluding ortho intramolecular Hbond substituents is 1. The van der Waals surface area contributed by atoms with Crippen LogP contribution < -0.4 is 21.7 Å². The maximum Gasteiger partial charge on any atom is 0.326 e. The molecule has 0 aliphatic rings. The third-order valence-electron chi connectivity index (χ3n) is 6.76. The molecule has 0 aliphatic heterocycles. The summed E-state index contributed by atoms with van der Waals surface area (Å²) in [6.07, 6.45) is 1.12. The number of rotatable bonds is 15. The highest BCUT2D eigenvalue weighted by molar-refractivity contribution is 5.94. The highest BCUT2D eigenvalue weighted by Gasteiger charge is 2.33. The van der Waals surface area contributed by atoms with Gasteiger partial charge in [-0.25, -0.2) is 4.79 Å². The van der Waals surface area contributed by atoms with Crippen molar-refractivity contribution in [2.24, 2.45) is 17.6 Å². The Balaban J connectivity index is 2.25. The van der Waals surface area contributed by atoms with Crippen molar-refractivity contribution in [3.8, 4) is 5.75 Å². The lowest BCUT2D eigenvalue weighted by molar-refractivity contribution is -0.143. The lowest BCUT2D eigenvalue weighted by Gasteiger charge is -2.28. The van der Waals surface area contributed by atoms with E-state index in [0.717, 1.165) is 5.56 Å². The van der Waals surface area contributed by atoms with E-state index in [2.05, 4.69) is 16.0 Å². The largest absolute Gasteiger partial charge is 0.508 e. The van der Waals surface area contributed by atoms with Gasteiger partial charge in [0.2, 0.25) is 17.7 Å². The highest BCUT2D eigenvalue weighted by atomic mass is 16.4. The van der Waals surface area contributed by atoms with Gasteiger partial charge < -0.3 is 31.9 Å². The van der Waals surface area contributed by atoms with E-state index in [1.807, 2.05) is 51.1 Å². The molecule has 2 aromatic carbocycles. The molecule has 3 amide bonds. The van der Waals surface area contributed by atoms with Gasteiger partial charge in [0.05, 0.1) is 6.04 Å². The number of nitrogens with one attached hydrogen (secondary N) is 3. The molecule has 10 heteroatoms. The van der Waals surface area contributed by atoms with E-state index in [9.17, 15) is 29.4 Å². The smallest absolute Gasteiger partial charge is 0.326 e. The molecule has 0 fully saturated rings. The SMILES string of the molecule is CCC(C)C(NC(=O)C(Cc1ccc(O)cc1)NC(=O)C(N)Cc1ccccc1)C(=O)NC(CC(C)C)C(=O)O. The summed E-state index contributed by atoms with van der Waals surface area (Å²) >= 11 is 0. The number of aromatic hydroxyl groups is 1. The van der Waals surface area contributed by atoms with Gasteiger partial charge in [0.1, 0.15) is 23.9 Å². The third-order valence-corrected chi connectivity index (χ3v) is 6.76. The molecule has 0 radical (unpaired) electrons. The second-order valence-electron chi connectivity index (χ2n) is 10.6. The number of carboxylic acid groups (broad SMARTS) is 1. The van der Waals surface area contributed by atoms with Crippen molar-refractivity contribution in [2.75, 3.05) is 0 Å². The van der Waals surface area contributed by atoms with Crippen LogP contribution in [0, 0.1) is 11.8 Å². The molecule has 0 aromatic heterocycles. The van der Waals surface area contributed by atoms with Crippen molar-refractivity contribution in [2.45, 2.75) is 77.5 Å². The number of carboxylic acids is 1. The van der Waals surface area contributed by atoms with Gasteiger partial charge >= 0.3 is 5.97 Å². The van der Waals surface area contributed by atoms with Crippen molar-refractivity contribution in [1.82, 2.24) is 16.0 Å². The summed E-state index contributed by atoms with van der Waals surface area (Å²) in [6.45, 7) is 7.36. The number of phenols is 1. The summed E-state index contributed by atoms with van der Waals surface area (Å²) < 4.78 is 0. The lowest BCUT2D eigenvalue weighted by atomic mass is 9.96. The highest BCUT2D eigenvalue weighted by Crippen LogP contribution is 2.14. The van der Waals surface area contributed by atoms with Gasteiger partial charge in [-0.05, 0) is 47.9 Å². The molecular weight excluding hydrogens is 512 g/mol. The summed E-state index contributed by atoms with van der Waals surface area (Å²) in [5.41, 5.74) is 7.69. The van der Waals surface area contributed by atoms with Gasteiger partial charge in [-0.15, -0.1) is 0 Å². The minimum Gasteiger partial charge on any atom is -0.508 e. The van der Waals surface area contributed by atoms with E-state index in [1.165, 1.54) is 12.1 Å². The van der Waals surface area contributed by atoms with Crippen LogP contribution in [0.3, 0.4) is 0 Å². The molecule has 5 unspecified atom stereocenters. The van der Waals surface area contributed by atoms with Gasteiger partial charge in [-0.1, -0.05) is 76.6 Å². The first kappa shape index (κ1) is 32.3. The quantitative estimate of drug-likeness (QED) is 0.196. The molecule has 10 nitrogen and oxygen atoms in total. The number of carbonyl (C=O) groups excluding carboxylic acids is 3. The Morgan fingerprint density at radius 2 is 1.35 bits per heavy atom. The fraction of sp³-hybridized carbons (Fsp3) is 0.467. The molecule has 0 aliphatic carbocycles. The van der Waals surface area contributed by atoms with Crippen LogP contribution in [0.25, 0.3) is 0 Å². The number of amides is 3. The molecule has 0 saturated heterocycles.